The third kappa shape index (κ3) is 2.84. The number of hydrogen-bond donors (Lipinski definition) is 1. The molecule has 0 saturated carbocycles. The van der Waals surface area contributed by atoms with Gasteiger partial charge in [-0.15, -0.1) is 0 Å². The lowest BCUT2D eigenvalue weighted by Crippen LogP contribution is -2.34. The number of anilines is 2. The highest BCUT2D eigenvalue weighted by atomic mass is 19.1. The lowest BCUT2D eigenvalue weighted by molar-refractivity contribution is -0.119. The summed E-state index contributed by atoms with van der Waals surface area (Å²) in [7, 11) is 0. The number of piperidine rings is 1. The summed E-state index contributed by atoms with van der Waals surface area (Å²) in [6, 6.07) is 3.30. The monoisotopic (exact) mass is 276 g/mol. The molecule has 0 aliphatic carbocycles. The minimum absolute atomic E-state index is 0.203. The number of carbonyl (C=O) groups excluding carboxylic acids is 1. The molecule has 3 rings (SSSR count). The maximum absolute atomic E-state index is 13.7. The van der Waals surface area contributed by atoms with Crippen LogP contribution >= 0.6 is 0 Å². The molecule has 0 radical (unpaired) electrons. The van der Waals surface area contributed by atoms with Gasteiger partial charge in [-0.2, -0.15) is 0 Å². The van der Waals surface area contributed by atoms with Crippen LogP contribution < -0.4 is 10.2 Å². The highest BCUT2D eigenvalue weighted by Gasteiger charge is 2.21. The number of Topliss-reactive ketones (excluding diaryl/α,β-unsaturated/α-hetero) is 1. The van der Waals surface area contributed by atoms with Gasteiger partial charge in [-0.05, 0) is 12.1 Å². The Morgan fingerprint density at radius 1 is 1.20 bits per heavy atom. The Kier molecular flexibility index (Phi) is 4.77. The molecule has 0 bridgehead atoms. The molecule has 1 aromatic carbocycles. The summed E-state index contributed by atoms with van der Waals surface area (Å²) in [5.74, 6) is 0.111. The van der Waals surface area contributed by atoms with E-state index in [-0.39, 0.29) is 5.82 Å². The standard InChI is InChI=1S/C14H15FN2O.C2H6/c15-12-3-4-13(14-11(12)2-1-7-16-14)17-8-5-10(18)6-9-17;1-2/h1-4,16H,5-9H2;1-2H3. The molecule has 2 aliphatic heterocycles. The number of nitrogens with one attached hydrogen (secondary N) is 1. The summed E-state index contributed by atoms with van der Waals surface area (Å²) in [6.07, 6.45) is 4.90. The molecule has 20 heavy (non-hydrogen) atoms. The van der Waals surface area contributed by atoms with Gasteiger partial charge in [-0.3, -0.25) is 4.79 Å². The third-order valence-corrected chi connectivity index (χ3v) is 3.51. The van der Waals surface area contributed by atoms with Gasteiger partial charge in [0.25, 0.3) is 0 Å². The smallest absolute Gasteiger partial charge is 0.136 e. The lowest BCUT2D eigenvalue weighted by atomic mass is 10.0. The van der Waals surface area contributed by atoms with Crippen LogP contribution in [0.4, 0.5) is 15.8 Å². The Hall–Kier alpha value is -1.84. The molecule has 1 N–H and O–H groups in total. The van der Waals surface area contributed by atoms with Crippen LogP contribution in [0, 0.1) is 5.82 Å². The number of nitrogens with zero attached hydrogens (tertiary/aromatic N) is 1. The Bertz CT molecular complexity index is 515. The summed E-state index contributed by atoms with van der Waals surface area (Å²) in [5.41, 5.74) is 2.48. The van der Waals surface area contributed by atoms with Gasteiger partial charge in [0.2, 0.25) is 0 Å². The van der Waals surface area contributed by atoms with E-state index in [0.29, 0.717) is 24.2 Å². The van der Waals surface area contributed by atoms with Crippen molar-refractivity contribution < 1.29 is 9.18 Å². The first-order valence-electron chi connectivity index (χ1n) is 7.25. The summed E-state index contributed by atoms with van der Waals surface area (Å²) in [5, 5.41) is 3.23. The number of benzene rings is 1. The Labute approximate surface area is 119 Å². The molecule has 3 nitrogen and oxygen atoms in total. The van der Waals surface area contributed by atoms with Crippen LogP contribution in [-0.2, 0) is 4.79 Å². The van der Waals surface area contributed by atoms with Gasteiger partial charge in [0, 0.05) is 38.0 Å². The topological polar surface area (TPSA) is 32.3 Å². The van der Waals surface area contributed by atoms with Crippen LogP contribution in [0.2, 0.25) is 0 Å². The van der Waals surface area contributed by atoms with E-state index >= 15 is 0 Å². The van der Waals surface area contributed by atoms with E-state index in [1.54, 1.807) is 6.07 Å². The van der Waals surface area contributed by atoms with Crippen molar-refractivity contribution in [2.75, 3.05) is 29.9 Å². The van der Waals surface area contributed by atoms with Crippen LogP contribution in [0.1, 0.15) is 32.3 Å². The number of carbonyl (C=O) groups is 1. The Morgan fingerprint density at radius 3 is 2.60 bits per heavy atom. The van der Waals surface area contributed by atoms with Gasteiger partial charge >= 0.3 is 0 Å². The normalized spacial score (nSPS) is 16.9. The fourth-order valence-corrected chi connectivity index (χ4v) is 2.53. The number of halogens is 1. The summed E-state index contributed by atoms with van der Waals surface area (Å²) in [6.45, 7) is 6.17. The first kappa shape index (κ1) is 14.6. The van der Waals surface area contributed by atoms with Crippen molar-refractivity contribution in [2.24, 2.45) is 0 Å². The number of hydrogen-bond acceptors (Lipinski definition) is 3. The van der Waals surface area contributed by atoms with Crippen molar-refractivity contribution in [3.05, 3.63) is 29.6 Å². The van der Waals surface area contributed by atoms with Gasteiger partial charge in [0.1, 0.15) is 11.6 Å². The zero-order chi connectivity index (χ0) is 14.5. The largest absolute Gasteiger partial charge is 0.379 e. The van der Waals surface area contributed by atoms with Crippen LogP contribution in [0.15, 0.2) is 18.2 Å². The molecule has 1 saturated heterocycles. The second-order valence-electron chi connectivity index (χ2n) is 4.66. The van der Waals surface area contributed by atoms with E-state index in [1.807, 2.05) is 26.0 Å². The zero-order valence-electron chi connectivity index (χ0n) is 12.1. The van der Waals surface area contributed by atoms with E-state index in [1.165, 1.54) is 6.07 Å². The lowest BCUT2D eigenvalue weighted by Gasteiger charge is -2.31. The number of ketones is 1. The molecule has 0 atom stereocenters. The van der Waals surface area contributed by atoms with E-state index < -0.39 is 0 Å². The van der Waals surface area contributed by atoms with Gasteiger partial charge < -0.3 is 10.2 Å². The van der Waals surface area contributed by atoms with Gasteiger partial charge in [0.05, 0.1) is 11.4 Å². The molecule has 1 aromatic rings. The number of fused-ring (bicyclic) bond motifs is 1. The van der Waals surface area contributed by atoms with Gasteiger partial charge in [0.15, 0.2) is 0 Å². The van der Waals surface area contributed by atoms with Crippen LogP contribution in [0.5, 0.6) is 0 Å². The van der Waals surface area contributed by atoms with Crippen molar-refractivity contribution >= 4 is 23.2 Å². The molecule has 108 valence electrons. The second-order valence-corrected chi connectivity index (χ2v) is 4.66. The first-order chi connectivity index (χ1) is 9.75. The molecule has 0 spiro atoms. The average molecular weight is 276 g/mol. The molecule has 0 amide bonds. The van der Waals surface area contributed by atoms with E-state index in [0.717, 1.165) is 31.0 Å². The molecule has 1 fully saturated rings. The second kappa shape index (κ2) is 6.55. The van der Waals surface area contributed by atoms with Crippen molar-refractivity contribution in [1.29, 1.82) is 0 Å². The van der Waals surface area contributed by atoms with Gasteiger partial charge in [-0.1, -0.05) is 26.0 Å². The van der Waals surface area contributed by atoms with Crippen molar-refractivity contribution in [3.63, 3.8) is 0 Å². The van der Waals surface area contributed by atoms with Crippen LogP contribution in [0.3, 0.4) is 0 Å². The molecular formula is C16H21FN2O. The van der Waals surface area contributed by atoms with Crippen LogP contribution in [-0.4, -0.2) is 25.4 Å². The maximum Gasteiger partial charge on any atom is 0.136 e. The van der Waals surface area contributed by atoms with E-state index in [2.05, 4.69) is 10.2 Å². The molecule has 4 heteroatoms. The fraction of sp³-hybridized carbons (Fsp3) is 0.438. The van der Waals surface area contributed by atoms with Crippen molar-refractivity contribution in [3.8, 4) is 0 Å². The summed E-state index contributed by atoms with van der Waals surface area (Å²) >= 11 is 0. The van der Waals surface area contributed by atoms with Crippen molar-refractivity contribution in [2.45, 2.75) is 26.7 Å². The van der Waals surface area contributed by atoms with Crippen LogP contribution in [0.25, 0.3) is 6.08 Å². The minimum atomic E-state index is -0.203. The maximum atomic E-state index is 13.7. The third-order valence-electron chi connectivity index (χ3n) is 3.51. The highest BCUT2D eigenvalue weighted by Crippen LogP contribution is 2.35. The summed E-state index contributed by atoms with van der Waals surface area (Å²) < 4.78 is 13.7. The SMILES string of the molecule is CC.O=C1CCN(c2ccc(F)c3c2NCC=C3)CC1. The Morgan fingerprint density at radius 2 is 1.90 bits per heavy atom. The van der Waals surface area contributed by atoms with E-state index in [4.69, 9.17) is 0 Å². The zero-order valence-corrected chi connectivity index (χ0v) is 12.1. The number of rotatable bonds is 1. The van der Waals surface area contributed by atoms with Gasteiger partial charge in [-0.25, -0.2) is 4.39 Å². The quantitative estimate of drug-likeness (QED) is 0.852. The average Bonchev–Trinajstić information content (AvgIpc) is 2.51. The highest BCUT2D eigenvalue weighted by molar-refractivity contribution is 5.85. The molecule has 0 unspecified atom stereocenters. The molecule has 2 heterocycles. The van der Waals surface area contributed by atoms with Crippen molar-refractivity contribution in [1.82, 2.24) is 0 Å². The molecule has 2 aliphatic rings. The molecular weight excluding hydrogens is 255 g/mol. The van der Waals surface area contributed by atoms with E-state index in [9.17, 15) is 9.18 Å². The molecule has 0 aromatic heterocycles. The minimum Gasteiger partial charge on any atom is -0.379 e. The predicted octanol–water partition coefficient (Wildman–Crippen LogP) is 3.46. The first-order valence-corrected chi connectivity index (χ1v) is 7.25. The fourth-order valence-electron chi connectivity index (χ4n) is 2.53. The predicted molar refractivity (Wildman–Crippen MR) is 81.7 cm³/mol. The summed E-state index contributed by atoms with van der Waals surface area (Å²) in [4.78, 5) is 13.4. The Balaban J connectivity index is 0.000000704.